The highest BCUT2D eigenvalue weighted by Gasteiger charge is 2.41. The van der Waals surface area contributed by atoms with E-state index in [-0.39, 0.29) is 5.41 Å². The fraction of sp³-hybridized carbons (Fsp3) is 0.929. The zero-order valence-corrected chi connectivity index (χ0v) is 12.1. The molecule has 0 spiro atoms. The maximum Gasteiger partial charge on any atom is 0.228 e. The van der Waals surface area contributed by atoms with Gasteiger partial charge in [-0.3, -0.25) is 4.79 Å². The Balaban J connectivity index is 2.67. The second-order valence-electron chi connectivity index (χ2n) is 5.18. The van der Waals surface area contributed by atoms with E-state index in [2.05, 4.69) is 13.8 Å². The monoisotopic (exact) mass is 259 g/mol. The average Bonchev–Trinajstić information content (AvgIpc) is 2.83. The van der Waals surface area contributed by atoms with Crippen molar-refractivity contribution in [3.63, 3.8) is 0 Å². The van der Waals surface area contributed by atoms with E-state index in [1.54, 1.807) is 0 Å². The molecule has 0 saturated heterocycles. The summed E-state index contributed by atoms with van der Waals surface area (Å²) in [7, 11) is 0. The van der Waals surface area contributed by atoms with E-state index in [1.165, 1.54) is 12.8 Å². The summed E-state index contributed by atoms with van der Waals surface area (Å²) in [6.07, 6.45) is 7.77. The van der Waals surface area contributed by atoms with Crippen LogP contribution in [0.1, 0.15) is 58.8 Å². The molecule has 1 rings (SSSR count). The first-order valence-electron chi connectivity index (χ1n) is 7.05. The average molecular weight is 260 g/mol. The Bertz CT molecular complexity index is 236. The Morgan fingerprint density at radius 1 is 1.24 bits per heavy atom. The van der Waals surface area contributed by atoms with Gasteiger partial charge in [0, 0.05) is 24.4 Å². The summed E-state index contributed by atoms with van der Waals surface area (Å²) in [6, 6.07) is 0. The highest BCUT2D eigenvalue weighted by atomic mass is 35.5. The van der Waals surface area contributed by atoms with Crippen LogP contribution >= 0.6 is 11.6 Å². The van der Waals surface area contributed by atoms with Gasteiger partial charge in [0.1, 0.15) is 0 Å². The molecule has 0 aliphatic heterocycles. The lowest BCUT2D eigenvalue weighted by atomic mass is 9.82. The Morgan fingerprint density at radius 3 is 2.35 bits per heavy atom. The predicted molar refractivity (Wildman–Crippen MR) is 73.4 cm³/mol. The number of nitrogens with zero attached hydrogens (tertiary/aromatic N) is 1. The second kappa shape index (κ2) is 7.25. The van der Waals surface area contributed by atoms with Crippen molar-refractivity contribution >= 4 is 17.5 Å². The van der Waals surface area contributed by atoms with Crippen LogP contribution in [-0.2, 0) is 4.79 Å². The molecule has 0 radical (unpaired) electrons. The van der Waals surface area contributed by atoms with Crippen molar-refractivity contribution in [1.82, 2.24) is 4.90 Å². The molecule has 0 aromatic heterocycles. The van der Waals surface area contributed by atoms with Crippen molar-refractivity contribution in [2.24, 2.45) is 5.41 Å². The molecule has 1 amide bonds. The van der Waals surface area contributed by atoms with Gasteiger partial charge in [0.2, 0.25) is 5.91 Å². The van der Waals surface area contributed by atoms with Gasteiger partial charge in [-0.05, 0) is 25.7 Å². The number of halogens is 1. The summed E-state index contributed by atoms with van der Waals surface area (Å²) in [5, 5.41) is 0. The van der Waals surface area contributed by atoms with Crippen LogP contribution < -0.4 is 0 Å². The fourth-order valence-corrected chi connectivity index (χ4v) is 3.08. The maximum atomic E-state index is 12.7. The molecule has 100 valence electrons. The quantitative estimate of drug-likeness (QED) is 0.637. The van der Waals surface area contributed by atoms with Crippen molar-refractivity contribution in [2.75, 3.05) is 19.0 Å². The van der Waals surface area contributed by atoms with Crippen LogP contribution in [0.4, 0.5) is 0 Å². The Labute approximate surface area is 111 Å². The minimum Gasteiger partial charge on any atom is -0.341 e. The molecule has 1 aliphatic rings. The van der Waals surface area contributed by atoms with Gasteiger partial charge in [0.15, 0.2) is 0 Å². The number of hydrogen-bond donors (Lipinski definition) is 0. The van der Waals surface area contributed by atoms with Crippen LogP contribution in [0.25, 0.3) is 0 Å². The fourth-order valence-electron chi connectivity index (χ4n) is 2.87. The first kappa shape index (κ1) is 14.8. The van der Waals surface area contributed by atoms with Crippen molar-refractivity contribution in [2.45, 2.75) is 58.8 Å². The van der Waals surface area contributed by atoms with Gasteiger partial charge in [-0.2, -0.15) is 0 Å². The van der Waals surface area contributed by atoms with Crippen LogP contribution in [0.3, 0.4) is 0 Å². The zero-order valence-electron chi connectivity index (χ0n) is 11.3. The van der Waals surface area contributed by atoms with Gasteiger partial charge >= 0.3 is 0 Å². The lowest BCUT2D eigenvalue weighted by molar-refractivity contribution is -0.142. The van der Waals surface area contributed by atoms with Crippen LogP contribution in [0, 0.1) is 5.41 Å². The highest BCUT2D eigenvalue weighted by molar-refractivity contribution is 6.18. The first-order chi connectivity index (χ1) is 8.20. The molecule has 0 aromatic rings. The van der Waals surface area contributed by atoms with E-state index in [0.29, 0.717) is 18.3 Å². The third-order valence-electron chi connectivity index (χ3n) is 4.11. The van der Waals surface area contributed by atoms with Gasteiger partial charge in [-0.1, -0.05) is 33.1 Å². The molecule has 1 saturated carbocycles. The van der Waals surface area contributed by atoms with Gasteiger partial charge in [-0.15, -0.1) is 11.6 Å². The minimum atomic E-state index is -0.0558. The second-order valence-corrected chi connectivity index (χ2v) is 5.55. The Kier molecular flexibility index (Phi) is 6.32. The number of rotatable bonds is 7. The van der Waals surface area contributed by atoms with Crippen molar-refractivity contribution in [3.05, 3.63) is 0 Å². The van der Waals surface area contributed by atoms with E-state index < -0.39 is 0 Å². The van der Waals surface area contributed by atoms with E-state index >= 15 is 0 Å². The summed E-state index contributed by atoms with van der Waals surface area (Å²) in [5.41, 5.74) is -0.0558. The summed E-state index contributed by atoms with van der Waals surface area (Å²) >= 11 is 5.82. The molecule has 0 unspecified atom stereocenters. The first-order valence-corrected chi connectivity index (χ1v) is 7.59. The van der Waals surface area contributed by atoms with E-state index in [9.17, 15) is 4.79 Å². The number of carbonyl (C=O) groups is 1. The molecule has 3 heteroatoms. The van der Waals surface area contributed by atoms with Crippen LogP contribution in [-0.4, -0.2) is 29.8 Å². The van der Waals surface area contributed by atoms with Gasteiger partial charge in [0.25, 0.3) is 0 Å². The summed E-state index contributed by atoms with van der Waals surface area (Å²) < 4.78 is 0. The van der Waals surface area contributed by atoms with E-state index in [4.69, 9.17) is 11.6 Å². The molecule has 0 N–H and O–H groups in total. The lowest BCUT2D eigenvalue weighted by Crippen LogP contribution is -2.43. The smallest absolute Gasteiger partial charge is 0.228 e. The number of carbonyl (C=O) groups excluding carboxylic acids is 1. The number of alkyl halides is 1. The van der Waals surface area contributed by atoms with Crippen LogP contribution in [0.2, 0.25) is 0 Å². The zero-order chi connectivity index (χ0) is 12.7. The third kappa shape index (κ3) is 3.61. The third-order valence-corrected chi connectivity index (χ3v) is 4.28. The molecular formula is C14H26ClNO. The van der Waals surface area contributed by atoms with Crippen molar-refractivity contribution < 1.29 is 4.79 Å². The van der Waals surface area contributed by atoms with E-state index in [0.717, 1.165) is 38.6 Å². The van der Waals surface area contributed by atoms with Crippen molar-refractivity contribution in [1.29, 1.82) is 0 Å². The van der Waals surface area contributed by atoms with Gasteiger partial charge in [-0.25, -0.2) is 0 Å². The lowest BCUT2D eigenvalue weighted by Gasteiger charge is -2.33. The highest BCUT2D eigenvalue weighted by Crippen LogP contribution is 2.42. The molecule has 0 aromatic carbocycles. The Morgan fingerprint density at radius 2 is 1.88 bits per heavy atom. The molecule has 1 fully saturated rings. The SMILES string of the molecule is CCCCN(CCCl)C(=O)C1(CC)CCCC1. The maximum absolute atomic E-state index is 12.7. The summed E-state index contributed by atoms with van der Waals surface area (Å²) in [6.45, 7) is 5.91. The largest absolute Gasteiger partial charge is 0.341 e. The summed E-state index contributed by atoms with van der Waals surface area (Å²) in [5.74, 6) is 0.918. The normalized spacial score (nSPS) is 18.3. The molecule has 0 heterocycles. The summed E-state index contributed by atoms with van der Waals surface area (Å²) in [4.78, 5) is 14.7. The van der Waals surface area contributed by atoms with Crippen molar-refractivity contribution in [3.8, 4) is 0 Å². The standard InChI is InChI=1S/C14H26ClNO/c1-3-5-11-16(12-10-15)13(17)14(4-2)8-6-7-9-14/h3-12H2,1-2H3. The van der Waals surface area contributed by atoms with Gasteiger partial charge < -0.3 is 4.90 Å². The van der Waals surface area contributed by atoms with Gasteiger partial charge in [0.05, 0.1) is 0 Å². The molecule has 17 heavy (non-hydrogen) atoms. The Hall–Kier alpha value is -0.240. The molecule has 0 atom stereocenters. The molecular weight excluding hydrogens is 234 g/mol. The molecule has 1 aliphatic carbocycles. The number of hydrogen-bond acceptors (Lipinski definition) is 1. The molecule has 2 nitrogen and oxygen atoms in total. The predicted octanol–water partition coefficient (Wildman–Crippen LogP) is 3.82. The number of amides is 1. The molecule has 0 bridgehead atoms. The van der Waals surface area contributed by atoms with Crippen LogP contribution in [0.5, 0.6) is 0 Å². The minimum absolute atomic E-state index is 0.0558. The number of unbranched alkanes of at least 4 members (excludes halogenated alkanes) is 1. The topological polar surface area (TPSA) is 20.3 Å². The van der Waals surface area contributed by atoms with Crippen LogP contribution in [0.15, 0.2) is 0 Å². The van der Waals surface area contributed by atoms with E-state index in [1.807, 2.05) is 4.90 Å².